The zero-order valence-corrected chi connectivity index (χ0v) is 12.0. The van der Waals surface area contributed by atoms with E-state index in [-0.39, 0.29) is 12.6 Å². The molecule has 0 amide bonds. The molecule has 0 aliphatic heterocycles. The van der Waals surface area contributed by atoms with Crippen molar-refractivity contribution < 1.29 is 5.11 Å². The van der Waals surface area contributed by atoms with Crippen molar-refractivity contribution in [2.24, 2.45) is 0 Å². The summed E-state index contributed by atoms with van der Waals surface area (Å²) in [5.41, 5.74) is 4.78. The van der Waals surface area contributed by atoms with Crippen molar-refractivity contribution in [3.8, 4) is 0 Å². The van der Waals surface area contributed by atoms with Gasteiger partial charge in [-0.05, 0) is 50.1 Å². The quantitative estimate of drug-likeness (QED) is 0.836. The fraction of sp³-hybridized carbons (Fsp3) is 0.533. The van der Waals surface area contributed by atoms with Crippen molar-refractivity contribution in [1.82, 2.24) is 14.9 Å². The zero-order valence-electron chi connectivity index (χ0n) is 12.0. The molecule has 1 heterocycles. The van der Waals surface area contributed by atoms with Crippen molar-refractivity contribution in [3.63, 3.8) is 0 Å². The third-order valence-corrected chi connectivity index (χ3v) is 3.62. The Balaban J connectivity index is 2.26. The highest BCUT2D eigenvalue weighted by molar-refractivity contribution is 5.77. The van der Waals surface area contributed by atoms with E-state index in [1.54, 1.807) is 0 Å². The van der Waals surface area contributed by atoms with Crippen LogP contribution < -0.4 is 5.32 Å². The summed E-state index contributed by atoms with van der Waals surface area (Å²) >= 11 is 0. The largest absolute Gasteiger partial charge is 0.396 e. The van der Waals surface area contributed by atoms with Crippen LogP contribution in [0.4, 0.5) is 0 Å². The number of benzene rings is 1. The predicted octanol–water partition coefficient (Wildman–Crippen LogP) is 2.01. The molecule has 0 saturated carbocycles. The van der Waals surface area contributed by atoms with Gasteiger partial charge in [0.1, 0.15) is 0 Å². The van der Waals surface area contributed by atoms with Gasteiger partial charge in [0, 0.05) is 19.2 Å². The maximum Gasteiger partial charge on any atom is 0.0958 e. The highest BCUT2D eigenvalue weighted by atomic mass is 16.3. The summed E-state index contributed by atoms with van der Waals surface area (Å²) < 4.78 is 2.17. The van der Waals surface area contributed by atoms with Crippen LogP contribution in [0.25, 0.3) is 11.0 Å². The molecule has 0 spiro atoms. The molecule has 0 saturated heterocycles. The monoisotopic (exact) mass is 261 g/mol. The fourth-order valence-corrected chi connectivity index (χ4v) is 2.40. The number of hydrogen-bond acceptors (Lipinski definition) is 3. The summed E-state index contributed by atoms with van der Waals surface area (Å²) in [5, 5.41) is 12.5. The van der Waals surface area contributed by atoms with Crippen molar-refractivity contribution >= 4 is 11.0 Å². The number of nitrogens with zero attached hydrogens (tertiary/aromatic N) is 2. The molecule has 2 rings (SSSR count). The molecular formula is C15H23N3O. The van der Waals surface area contributed by atoms with Crippen LogP contribution in [0, 0.1) is 13.8 Å². The first-order valence-electron chi connectivity index (χ1n) is 6.92. The van der Waals surface area contributed by atoms with Gasteiger partial charge in [0.05, 0.1) is 17.4 Å². The first kappa shape index (κ1) is 14.0. The maximum atomic E-state index is 9.12. The van der Waals surface area contributed by atoms with Gasteiger partial charge in [0.2, 0.25) is 0 Å². The van der Waals surface area contributed by atoms with E-state index in [0.29, 0.717) is 0 Å². The van der Waals surface area contributed by atoms with Gasteiger partial charge in [-0.25, -0.2) is 4.98 Å². The third-order valence-electron chi connectivity index (χ3n) is 3.62. The number of hydrogen-bond donors (Lipinski definition) is 2. The van der Waals surface area contributed by atoms with Crippen molar-refractivity contribution in [2.75, 3.05) is 13.2 Å². The average Bonchev–Trinajstić information content (AvgIpc) is 2.73. The van der Waals surface area contributed by atoms with Crippen LogP contribution in [-0.2, 0) is 6.54 Å². The van der Waals surface area contributed by atoms with Crippen molar-refractivity contribution in [3.05, 3.63) is 29.6 Å². The molecule has 19 heavy (non-hydrogen) atoms. The highest BCUT2D eigenvalue weighted by Crippen LogP contribution is 2.18. The smallest absolute Gasteiger partial charge is 0.0958 e. The van der Waals surface area contributed by atoms with Gasteiger partial charge in [0.15, 0.2) is 0 Å². The number of likely N-dealkylation sites (N-methyl/N-ethyl adjacent to an activating group) is 1. The molecule has 1 aromatic carbocycles. The summed E-state index contributed by atoms with van der Waals surface area (Å²) in [7, 11) is 0. The van der Waals surface area contributed by atoms with Gasteiger partial charge in [-0.15, -0.1) is 0 Å². The number of fused-ring (bicyclic) bond motifs is 1. The number of aliphatic hydroxyl groups is 1. The summed E-state index contributed by atoms with van der Waals surface area (Å²) in [6, 6.07) is 4.61. The topological polar surface area (TPSA) is 50.1 Å². The summed E-state index contributed by atoms with van der Waals surface area (Å²) in [4.78, 5) is 4.47. The minimum Gasteiger partial charge on any atom is -0.396 e. The Bertz CT molecular complexity index is 542. The normalized spacial score (nSPS) is 13.1. The average molecular weight is 261 g/mol. The van der Waals surface area contributed by atoms with Crippen LogP contribution in [0.1, 0.15) is 24.5 Å². The molecule has 2 aromatic rings. The van der Waals surface area contributed by atoms with Crippen LogP contribution in [0.3, 0.4) is 0 Å². The van der Waals surface area contributed by atoms with E-state index in [1.165, 1.54) is 16.6 Å². The number of aromatic nitrogens is 2. The predicted molar refractivity (Wildman–Crippen MR) is 78.4 cm³/mol. The third kappa shape index (κ3) is 3.14. The second kappa shape index (κ2) is 6.17. The van der Waals surface area contributed by atoms with Crippen molar-refractivity contribution in [1.29, 1.82) is 0 Å². The molecule has 0 aliphatic rings. The van der Waals surface area contributed by atoms with Gasteiger partial charge in [-0.3, -0.25) is 0 Å². The van der Waals surface area contributed by atoms with E-state index in [0.717, 1.165) is 25.0 Å². The molecule has 4 heteroatoms. The van der Waals surface area contributed by atoms with Gasteiger partial charge in [-0.1, -0.05) is 6.92 Å². The molecule has 0 fully saturated rings. The number of rotatable bonds is 6. The first-order chi connectivity index (χ1) is 9.15. The SMILES string of the molecule is CCNC(CCO)Cn1cnc2cc(C)c(C)cc21. The summed E-state index contributed by atoms with van der Waals surface area (Å²) in [6.45, 7) is 8.29. The Morgan fingerprint density at radius 1 is 1.32 bits per heavy atom. The van der Waals surface area contributed by atoms with Gasteiger partial charge < -0.3 is 15.0 Å². The van der Waals surface area contributed by atoms with Crippen LogP contribution in [0.15, 0.2) is 18.5 Å². The van der Waals surface area contributed by atoms with Crippen LogP contribution >= 0.6 is 0 Å². The van der Waals surface area contributed by atoms with E-state index in [4.69, 9.17) is 5.11 Å². The lowest BCUT2D eigenvalue weighted by Crippen LogP contribution is -2.33. The molecule has 0 aliphatic carbocycles. The van der Waals surface area contributed by atoms with Crippen LogP contribution in [-0.4, -0.2) is 33.9 Å². The van der Waals surface area contributed by atoms with Crippen LogP contribution in [0.2, 0.25) is 0 Å². The number of aliphatic hydroxyl groups excluding tert-OH is 1. The minimum atomic E-state index is 0.211. The van der Waals surface area contributed by atoms with E-state index in [2.05, 4.69) is 47.8 Å². The standard InChI is InChI=1S/C15H23N3O/c1-4-16-13(5-6-19)9-18-10-17-14-7-11(2)12(3)8-15(14)18/h7-8,10,13,16,19H,4-6,9H2,1-3H3. The van der Waals surface area contributed by atoms with E-state index in [9.17, 15) is 0 Å². The molecule has 1 atom stereocenters. The Morgan fingerprint density at radius 3 is 2.74 bits per heavy atom. The Hall–Kier alpha value is -1.39. The van der Waals surface area contributed by atoms with Gasteiger partial charge >= 0.3 is 0 Å². The second-order valence-electron chi connectivity index (χ2n) is 5.09. The van der Waals surface area contributed by atoms with E-state index >= 15 is 0 Å². The lowest BCUT2D eigenvalue weighted by molar-refractivity contribution is 0.258. The Labute approximate surface area is 114 Å². The number of imidazole rings is 1. The Morgan fingerprint density at radius 2 is 2.05 bits per heavy atom. The van der Waals surface area contributed by atoms with Crippen molar-refractivity contribution in [2.45, 2.75) is 39.8 Å². The fourth-order valence-electron chi connectivity index (χ4n) is 2.40. The second-order valence-corrected chi connectivity index (χ2v) is 5.09. The molecule has 0 radical (unpaired) electrons. The molecule has 104 valence electrons. The van der Waals surface area contributed by atoms with Gasteiger partial charge in [-0.2, -0.15) is 0 Å². The molecule has 2 N–H and O–H groups in total. The van der Waals surface area contributed by atoms with Crippen LogP contribution in [0.5, 0.6) is 0 Å². The molecular weight excluding hydrogens is 238 g/mol. The number of aryl methyl sites for hydroxylation is 2. The van der Waals surface area contributed by atoms with E-state index < -0.39 is 0 Å². The first-order valence-corrected chi connectivity index (χ1v) is 6.92. The molecule has 1 aromatic heterocycles. The zero-order chi connectivity index (χ0) is 13.8. The summed E-state index contributed by atoms with van der Waals surface area (Å²) in [6.07, 6.45) is 2.66. The highest BCUT2D eigenvalue weighted by Gasteiger charge is 2.11. The Kier molecular flexibility index (Phi) is 4.56. The maximum absolute atomic E-state index is 9.12. The van der Waals surface area contributed by atoms with E-state index in [1.807, 2.05) is 6.33 Å². The number of nitrogens with one attached hydrogen (secondary N) is 1. The molecule has 4 nitrogen and oxygen atoms in total. The lowest BCUT2D eigenvalue weighted by atomic mass is 10.1. The summed E-state index contributed by atoms with van der Waals surface area (Å²) in [5.74, 6) is 0. The lowest BCUT2D eigenvalue weighted by Gasteiger charge is -2.18. The molecule has 0 bridgehead atoms. The molecule has 1 unspecified atom stereocenters. The van der Waals surface area contributed by atoms with Gasteiger partial charge in [0.25, 0.3) is 0 Å². The minimum absolute atomic E-state index is 0.211.